The summed E-state index contributed by atoms with van der Waals surface area (Å²) < 4.78 is 14.4. The summed E-state index contributed by atoms with van der Waals surface area (Å²) in [7, 11) is 0. The number of aromatic nitrogens is 1. The van der Waals surface area contributed by atoms with Crippen LogP contribution in [0.15, 0.2) is 47.4 Å². The summed E-state index contributed by atoms with van der Waals surface area (Å²) in [5.41, 5.74) is 0.784. The summed E-state index contributed by atoms with van der Waals surface area (Å²) in [4.78, 5) is 16.7. The molecule has 3 nitrogen and oxygen atoms in total. The average molecular weight is 353 g/mol. The minimum absolute atomic E-state index is 0.123. The number of nitrogens with zero attached hydrogens (tertiary/aromatic N) is 1. The van der Waals surface area contributed by atoms with Gasteiger partial charge in [-0.1, -0.05) is 35.1 Å². The van der Waals surface area contributed by atoms with Gasteiger partial charge < -0.3 is 5.32 Å². The number of nitrogens with one attached hydrogen (secondary N) is 1. The molecule has 1 N–H and O–H groups in total. The number of benzene rings is 2. The van der Waals surface area contributed by atoms with E-state index in [4.69, 9.17) is 11.6 Å². The first-order chi connectivity index (χ1) is 10.6. The minimum atomic E-state index is -0.324. The number of hydrogen-bond acceptors (Lipinski definition) is 4. The summed E-state index contributed by atoms with van der Waals surface area (Å²) >= 11 is 8.42. The lowest BCUT2D eigenvalue weighted by Crippen LogP contribution is -2.13. The Morgan fingerprint density at radius 1 is 1.32 bits per heavy atom. The van der Waals surface area contributed by atoms with E-state index in [1.54, 1.807) is 36.4 Å². The first-order valence-electron chi connectivity index (χ1n) is 6.35. The maximum Gasteiger partial charge on any atom is 0.236 e. The van der Waals surface area contributed by atoms with Crippen LogP contribution in [0.5, 0.6) is 0 Å². The van der Waals surface area contributed by atoms with Crippen molar-refractivity contribution in [1.82, 2.24) is 4.98 Å². The molecule has 0 aliphatic rings. The Balaban J connectivity index is 1.64. The van der Waals surface area contributed by atoms with Crippen molar-refractivity contribution >= 4 is 56.0 Å². The van der Waals surface area contributed by atoms with Gasteiger partial charge in [0.1, 0.15) is 5.82 Å². The van der Waals surface area contributed by atoms with Gasteiger partial charge in [0.25, 0.3) is 0 Å². The molecule has 3 aromatic rings. The van der Waals surface area contributed by atoms with Crippen molar-refractivity contribution in [3.8, 4) is 0 Å². The van der Waals surface area contributed by atoms with Crippen LogP contribution >= 0.6 is 34.7 Å². The third-order valence-corrected chi connectivity index (χ3v) is 5.01. The summed E-state index contributed by atoms with van der Waals surface area (Å²) in [6.45, 7) is 0. The standard InChI is InChI=1S/C15H10ClFN2OS2/c16-9-5-6-11-13(7-9)22-15(18-11)19-14(20)8-21-12-4-2-1-3-10(12)17/h1-7H,8H2,(H,18,19,20). The Kier molecular flexibility index (Phi) is 4.61. The zero-order valence-corrected chi connectivity index (χ0v) is 13.6. The Bertz CT molecular complexity index is 837. The maximum atomic E-state index is 13.5. The summed E-state index contributed by atoms with van der Waals surface area (Å²) in [6, 6.07) is 11.7. The lowest BCUT2D eigenvalue weighted by molar-refractivity contribution is -0.113. The molecule has 7 heteroatoms. The zero-order chi connectivity index (χ0) is 15.5. The zero-order valence-electron chi connectivity index (χ0n) is 11.2. The molecule has 112 valence electrons. The van der Waals surface area contributed by atoms with E-state index >= 15 is 0 Å². The van der Waals surface area contributed by atoms with Crippen LogP contribution in [-0.4, -0.2) is 16.6 Å². The van der Waals surface area contributed by atoms with Gasteiger partial charge in [-0.05, 0) is 30.3 Å². The number of halogens is 2. The lowest BCUT2D eigenvalue weighted by Gasteiger charge is -2.02. The van der Waals surface area contributed by atoms with Crippen LogP contribution in [-0.2, 0) is 4.79 Å². The fraction of sp³-hybridized carbons (Fsp3) is 0.0667. The third kappa shape index (κ3) is 3.58. The normalized spacial score (nSPS) is 10.8. The molecule has 1 amide bonds. The molecular formula is C15H10ClFN2OS2. The van der Waals surface area contributed by atoms with Gasteiger partial charge in [0.2, 0.25) is 5.91 Å². The topological polar surface area (TPSA) is 42.0 Å². The van der Waals surface area contributed by atoms with Gasteiger partial charge in [0.15, 0.2) is 5.13 Å². The van der Waals surface area contributed by atoms with Crippen LogP contribution in [0.25, 0.3) is 10.2 Å². The number of carbonyl (C=O) groups is 1. The number of anilines is 1. The van der Waals surface area contributed by atoms with Crippen molar-refractivity contribution in [3.63, 3.8) is 0 Å². The SMILES string of the molecule is O=C(CSc1ccccc1F)Nc1nc2ccc(Cl)cc2s1. The first-order valence-corrected chi connectivity index (χ1v) is 8.53. The average Bonchev–Trinajstić information content (AvgIpc) is 2.87. The van der Waals surface area contributed by atoms with E-state index in [0.29, 0.717) is 15.0 Å². The molecule has 0 unspecified atom stereocenters. The monoisotopic (exact) mass is 352 g/mol. The number of carbonyl (C=O) groups excluding carboxylic acids is 1. The van der Waals surface area contributed by atoms with E-state index < -0.39 is 0 Å². The smallest absolute Gasteiger partial charge is 0.236 e. The second-order valence-electron chi connectivity index (χ2n) is 4.40. The molecule has 0 saturated heterocycles. The minimum Gasteiger partial charge on any atom is -0.301 e. The predicted molar refractivity (Wildman–Crippen MR) is 90.4 cm³/mol. The number of thiazole rings is 1. The Labute approximate surface area is 139 Å². The lowest BCUT2D eigenvalue weighted by atomic mass is 10.3. The van der Waals surface area contributed by atoms with Gasteiger partial charge in [-0.3, -0.25) is 4.79 Å². The summed E-state index contributed by atoms with van der Waals surface area (Å²) in [6.07, 6.45) is 0. The Morgan fingerprint density at radius 2 is 2.14 bits per heavy atom. The molecule has 0 saturated carbocycles. The molecule has 0 aliphatic heterocycles. The molecular weight excluding hydrogens is 343 g/mol. The van der Waals surface area contributed by atoms with E-state index in [1.807, 2.05) is 0 Å². The third-order valence-electron chi connectivity index (χ3n) is 2.79. The molecule has 0 spiro atoms. The van der Waals surface area contributed by atoms with Crippen molar-refractivity contribution < 1.29 is 9.18 Å². The largest absolute Gasteiger partial charge is 0.301 e. The van der Waals surface area contributed by atoms with Gasteiger partial charge in [0.05, 0.1) is 16.0 Å². The quantitative estimate of drug-likeness (QED) is 0.684. The van der Waals surface area contributed by atoms with Crippen molar-refractivity contribution in [2.75, 3.05) is 11.1 Å². The van der Waals surface area contributed by atoms with E-state index in [-0.39, 0.29) is 17.5 Å². The van der Waals surface area contributed by atoms with E-state index in [1.165, 1.54) is 17.4 Å². The number of hydrogen-bond donors (Lipinski definition) is 1. The maximum absolute atomic E-state index is 13.5. The Hall–Kier alpha value is -1.63. The van der Waals surface area contributed by atoms with Crippen LogP contribution in [0.1, 0.15) is 0 Å². The predicted octanol–water partition coefficient (Wildman–Crippen LogP) is 4.82. The van der Waals surface area contributed by atoms with Crippen molar-refractivity contribution in [2.45, 2.75) is 4.90 Å². The first kappa shape index (κ1) is 15.3. The van der Waals surface area contributed by atoms with Crippen LogP contribution < -0.4 is 5.32 Å². The second kappa shape index (κ2) is 6.64. The molecule has 1 aromatic heterocycles. The second-order valence-corrected chi connectivity index (χ2v) is 6.88. The molecule has 1 heterocycles. The van der Waals surface area contributed by atoms with Gasteiger partial charge in [-0.2, -0.15) is 0 Å². The molecule has 0 fully saturated rings. The molecule has 0 bridgehead atoms. The summed E-state index contributed by atoms with van der Waals surface area (Å²) in [5, 5.41) is 3.86. The van der Waals surface area contributed by atoms with Crippen molar-refractivity contribution in [3.05, 3.63) is 53.3 Å². The fourth-order valence-corrected chi connectivity index (χ4v) is 3.71. The highest BCUT2D eigenvalue weighted by Gasteiger charge is 2.10. The van der Waals surface area contributed by atoms with Crippen LogP contribution in [0.2, 0.25) is 5.02 Å². The number of thioether (sulfide) groups is 1. The van der Waals surface area contributed by atoms with Gasteiger partial charge >= 0.3 is 0 Å². The van der Waals surface area contributed by atoms with E-state index in [9.17, 15) is 9.18 Å². The van der Waals surface area contributed by atoms with Crippen LogP contribution in [0, 0.1) is 5.82 Å². The number of amides is 1. The van der Waals surface area contributed by atoms with Gasteiger partial charge in [-0.25, -0.2) is 9.37 Å². The molecule has 0 aliphatic carbocycles. The van der Waals surface area contributed by atoms with E-state index in [0.717, 1.165) is 22.0 Å². The highest BCUT2D eigenvalue weighted by atomic mass is 35.5. The van der Waals surface area contributed by atoms with Crippen LogP contribution in [0.3, 0.4) is 0 Å². The highest BCUT2D eigenvalue weighted by Crippen LogP contribution is 2.28. The molecule has 2 aromatic carbocycles. The van der Waals surface area contributed by atoms with Gasteiger partial charge in [-0.15, -0.1) is 11.8 Å². The Morgan fingerprint density at radius 3 is 2.95 bits per heavy atom. The molecule has 0 atom stereocenters. The van der Waals surface area contributed by atoms with Gasteiger partial charge in [0, 0.05) is 9.92 Å². The number of fused-ring (bicyclic) bond motifs is 1. The summed E-state index contributed by atoms with van der Waals surface area (Å²) in [5.74, 6) is -0.425. The van der Waals surface area contributed by atoms with Crippen molar-refractivity contribution in [2.24, 2.45) is 0 Å². The van der Waals surface area contributed by atoms with Crippen molar-refractivity contribution in [1.29, 1.82) is 0 Å². The highest BCUT2D eigenvalue weighted by molar-refractivity contribution is 8.00. The van der Waals surface area contributed by atoms with Crippen LogP contribution in [0.4, 0.5) is 9.52 Å². The fourth-order valence-electron chi connectivity index (χ4n) is 1.81. The molecule has 3 rings (SSSR count). The number of rotatable bonds is 4. The molecule has 22 heavy (non-hydrogen) atoms. The molecule has 0 radical (unpaired) electrons. The van der Waals surface area contributed by atoms with E-state index in [2.05, 4.69) is 10.3 Å².